The molecule has 5 nitrogen and oxygen atoms in total. The molecule has 0 unspecified atom stereocenters. The van der Waals surface area contributed by atoms with E-state index in [9.17, 15) is 13.5 Å². The van der Waals surface area contributed by atoms with E-state index in [4.69, 9.17) is 4.42 Å². The van der Waals surface area contributed by atoms with Crippen LogP contribution in [0.2, 0.25) is 0 Å². The molecule has 0 radical (unpaired) electrons. The zero-order valence-corrected chi connectivity index (χ0v) is 12.4. The molecule has 108 valence electrons. The van der Waals surface area contributed by atoms with E-state index in [2.05, 4.69) is 4.72 Å². The molecule has 1 aromatic heterocycles. The maximum absolute atomic E-state index is 12.4. The lowest BCUT2D eigenvalue weighted by Gasteiger charge is -2.09. The van der Waals surface area contributed by atoms with Crippen molar-refractivity contribution in [2.24, 2.45) is 0 Å². The van der Waals surface area contributed by atoms with Crippen molar-refractivity contribution in [1.82, 2.24) is 0 Å². The first-order valence-corrected chi connectivity index (χ1v) is 7.62. The molecule has 0 aliphatic heterocycles. The van der Waals surface area contributed by atoms with Gasteiger partial charge in [0.25, 0.3) is 10.0 Å². The molecule has 2 N–H and O–H groups in total. The summed E-state index contributed by atoms with van der Waals surface area (Å²) in [5.74, 6) is 0.682. The van der Waals surface area contributed by atoms with Gasteiger partial charge in [-0.15, -0.1) is 0 Å². The van der Waals surface area contributed by atoms with Crippen LogP contribution >= 0.6 is 0 Å². The van der Waals surface area contributed by atoms with Crippen molar-refractivity contribution in [2.75, 3.05) is 4.72 Å². The molecule has 2 aromatic rings. The van der Waals surface area contributed by atoms with E-state index in [1.165, 1.54) is 0 Å². The van der Waals surface area contributed by atoms with Crippen LogP contribution in [0.1, 0.15) is 22.6 Å². The molecule has 0 atom stereocenters. The summed E-state index contributed by atoms with van der Waals surface area (Å²) in [5, 5.41) is 9.33. The summed E-state index contributed by atoms with van der Waals surface area (Å²) in [7, 11) is -3.79. The van der Waals surface area contributed by atoms with Crippen LogP contribution in [0, 0.1) is 20.8 Å². The fourth-order valence-electron chi connectivity index (χ4n) is 2.16. The second kappa shape index (κ2) is 5.30. The zero-order chi connectivity index (χ0) is 14.9. The van der Waals surface area contributed by atoms with Gasteiger partial charge in [0.15, 0.2) is 0 Å². The van der Waals surface area contributed by atoms with E-state index in [0.29, 0.717) is 17.0 Å². The lowest BCUT2D eigenvalue weighted by Crippen LogP contribution is -2.15. The van der Waals surface area contributed by atoms with E-state index >= 15 is 0 Å². The van der Waals surface area contributed by atoms with Crippen molar-refractivity contribution in [3.05, 3.63) is 46.9 Å². The van der Waals surface area contributed by atoms with Gasteiger partial charge < -0.3 is 9.52 Å². The quantitative estimate of drug-likeness (QED) is 0.908. The summed E-state index contributed by atoms with van der Waals surface area (Å²) in [5.41, 5.74) is 1.72. The lowest BCUT2D eigenvalue weighted by atomic mass is 10.2. The number of sulfonamides is 1. The molecule has 6 heteroatoms. The molecule has 0 aliphatic carbocycles. The first-order valence-electron chi connectivity index (χ1n) is 6.14. The average molecular weight is 295 g/mol. The van der Waals surface area contributed by atoms with E-state index in [1.54, 1.807) is 32.0 Å². The largest absolute Gasteiger partial charge is 0.465 e. The minimum Gasteiger partial charge on any atom is -0.465 e. The number of nitrogens with one attached hydrogen (secondary N) is 1. The first kappa shape index (κ1) is 14.6. The molecule has 1 aromatic carbocycles. The fourth-order valence-corrected chi connectivity index (χ4v) is 3.65. The normalized spacial score (nSPS) is 11.6. The Morgan fingerprint density at radius 3 is 2.50 bits per heavy atom. The number of aliphatic hydroxyl groups excluding tert-OH is 1. The Kier molecular flexibility index (Phi) is 3.87. The van der Waals surface area contributed by atoms with Crippen LogP contribution in [0.3, 0.4) is 0 Å². The van der Waals surface area contributed by atoms with Gasteiger partial charge in [-0.2, -0.15) is 0 Å². The molecule has 2 rings (SSSR count). The van der Waals surface area contributed by atoms with Crippen LogP contribution in [0.25, 0.3) is 0 Å². The van der Waals surface area contributed by atoms with Crippen LogP contribution < -0.4 is 4.72 Å². The van der Waals surface area contributed by atoms with Crippen LogP contribution in [0.5, 0.6) is 0 Å². The van der Waals surface area contributed by atoms with Crippen LogP contribution in [0.4, 0.5) is 5.69 Å². The zero-order valence-electron chi connectivity index (χ0n) is 11.6. The fraction of sp³-hybridized carbons (Fsp3) is 0.286. The van der Waals surface area contributed by atoms with Crippen LogP contribution in [0.15, 0.2) is 33.6 Å². The summed E-state index contributed by atoms with van der Waals surface area (Å²) >= 11 is 0. The number of hydrogen-bond acceptors (Lipinski definition) is 4. The van der Waals surface area contributed by atoms with Crippen molar-refractivity contribution >= 4 is 15.7 Å². The molecule has 0 amide bonds. The number of aliphatic hydroxyl groups is 1. The molecule has 0 saturated heterocycles. The highest BCUT2D eigenvalue weighted by Crippen LogP contribution is 2.28. The Morgan fingerprint density at radius 2 is 1.90 bits per heavy atom. The Hall–Kier alpha value is -1.79. The summed E-state index contributed by atoms with van der Waals surface area (Å²) in [6.07, 6.45) is 0. The molecule has 0 saturated carbocycles. The van der Waals surface area contributed by atoms with Crippen LogP contribution in [-0.2, 0) is 16.6 Å². The van der Waals surface area contributed by atoms with Gasteiger partial charge in [-0.25, -0.2) is 8.42 Å². The Morgan fingerprint density at radius 1 is 1.20 bits per heavy atom. The van der Waals surface area contributed by atoms with Crippen molar-refractivity contribution in [2.45, 2.75) is 32.3 Å². The smallest absolute Gasteiger partial charge is 0.265 e. The number of furan rings is 1. The molecule has 0 spiro atoms. The third-order valence-electron chi connectivity index (χ3n) is 3.02. The van der Waals surface area contributed by atoms with E-state index < -0.39 is 10.0 Å². The summed E-state index contributed by atoms with van der Waals surface area (Å²) in [4.78, 5) is 0.0130. The van der Waals surface area contributed by atoms with Gasteiger partial charge in [0.2, 0.25) is 0 Å². The third kappa shape index (κ3) is 2.71. The van der Waals surface area contributed by atoms with E-state index in [1.807, 2.05) is 13.0 Å². The molecular weight excluding hydrogens is 278 g/mol. The number of hydrogen-bond donors (Lipinski definition) is 2. The monoisotopic (exact) mass is 295 g/mol. The van der Waals surface area contributed by atoms with Crippen molar-refractivity contribution in [3.63, 3.8) is 0 Å². The summed E-state index contributed by atoms with van der Waals surface area (Å²) in [6.45, 7) is 4.69. The highest BCUT2D eigenvalue weighted by Gasteiger charge is 2.26. The second-order valence-corrected chi connectivity index (χ2v) is 6.27. The topological polar surface area (TPSA) is 79.5 Å². The Bertz CT molecular complexity index is 732. The SMILES string of the molecule is Cc1cccc(NS(=O)(=O)c2c(C)oc(C)c2CO)c1. The highest BCUT2D eigenvalue weighted by molar-refractivity contribution is 7.92. The van der Waals surface area contributed by atoms with Gasteiger partial charge in [-0.1, -0.05) is 12.1 Å². The second-order valence-electron chi connectivity index (χ2n) is 4.66. The highest BCUT2D eigenvalue weighted by atomic mass is 32.2. The number of anilines is 1. The maximum Gasteiger partial charge on any atom is 0.265 e. The van der Waals surface area contributed by atoms with Gasteiger partial charge in [-0.05, 0) is 38.5 Å². The molecular formula is C14H17NO4S. The standard InChI is InChI=1S/C14H17NO4S/c1-9-5-4-6-12(7-9)15-20(17,18)14-11(3)19-10(2)13(14)8-16/h4-7,15-16H,8H2,1-3H3. The Balaban J connectivity index is 2.46. The van der Waals surface area contributed by atoms with Gasteiger partial charge in [0.05, 0.1) is 6.61 Å². The van der Waals surface area contributed by atoms with Gasteiger partial charge in [-0.3, -0.25) is 4.72 Å². The first-order chi connectivity index (χ1) is 9.35. The predicted molar refractivity (Wildman–Crippen MR) is 76.1 cm³/mol. The van der Waals surface area contributed by atoms with Gasteiger partial charge >= 0.3 is 0 Å². The maximum atomic E-state index is 12.4. The van der Waals surface area contributed by atoms with Gasteiger partial charge in [0.1, 0.15) is 16.4 Å². The number of aryl methyl sites for hydroxylation is 3. The predicted octanol–water partition coefficient (Wildman–Crippen LogP) is 2.50. The molecule has 0 aliphatic rings. The molecule has 20 heavy (non-hydrogen) atoms. The molecule has 0 bridgehead atoms. The molecule has 0 fully saturated rings. The molecule has 1 heterocycles. The van der Waals surface area contributed by atoms with Crippen molar-refractivity contribution in [3.8, 4) is 0 Å². The number of rotatable bonds is 4. The van der Waals surface area contributed by atoms with Crippen LogP contribution in [-0.4, -0.2) is 13.5 Å². The lowest BCUT2D eigenvalue weighted by molar-refractivity contribution is 0.276. The van der Waals surface area contributed by atoms with Crippen molar-refractivity contribution < 1.29 is 17.9 Å². The Labute approximate surface area is 118 Å². The minimum absolute atomic E-state index is 0.0130. The van der Waals surface area contributed by atoms with Crippen molar-refractivity contribution in [1.29, 1.82) is 0 Å². The van der Waals surface area contributed by atoms with Gasteiger partial charge in [0, 0.05) is 11.3 Å². The minimum atomic E-state index is -3.79. The van der Waals surface area contributed by atoms with E-state index in [-0.39, 0.29) is 17.3 Å². The average Bonchev–Trinajstić information content (AvgIpc) is 2.63. The third-order valence-corrected chi connectivity index (χ3v) is 4.60. The summed E-state index contributed by atoms with van der Waals surface area (Å²) in [6, 6.07) is 7.06. The number of benzene rings is 1. The summed E-state index contributed by atoms with van der Waals surface area (Å²) < 4.78 is 32.7. The van der Waals surface area contributed by atoms with E-state index in [0.717, 1.165) is 5.56 Å².